The lowest BCUT2D eigenvalue weighted by Gasteiger charge is -1.94. The smallest absolute Gasteiger partial charge is 0.0793 e. The topological polar surface area (TPSA) is 32.6 Å². The highest BCUT2D eigenvalue weighted by Gasteiger charge is 2.06. The van der Waals surface area contributed by atoms with Gasteiger partial charge in [0.05, 0.1) is 5.71 Å². The number of rotatable bonds is 1. The summed E-state index contributed by atoms with van der Waals surface area (Å²) in [6.45, 7) is 1.83. The second-order valence-electron chi connectivity index (χ2n) is 2.31. The zero-order valence-electron chi connectivity index (χ0n) is 5.59. The van der Waals surface area contributed by atoms with Gasteiger partial charge < -0.3 is 5.21 Å². The van der Waals surface area contributed by atoms with Crippen LogP contribution in [0.2, 0.25) is 0 Å². The summed E-state index contributed by atoms with van der Waals surface area (Å²) >= 11 is 0. The zero-order valence-corrected chi connectivity index (χ0v) is 5.59. The molecule has 0 unspecified atom stereocenters. The fraction of sp³-hybridized carbons (Fsp3) is 0.571. The van der Waals surface area contributed by atoms with E-state index in [4.69, 9.17) is 5.21 Å². The number of oxime groups is 1. The third kappa shape index (κ3) is 1.31. The molecule has 0 spiro atoms. The number of hydrogen-bond acceptors (Lipinski definition) is 2. The summed E-state index contributed by atoms with van der Waals surface area (Å²) in [6.07, 6.45) is 5.56. The van der Waals surface area contributed by atoms with Gasteiger partial charge in [-0.1, -0.05) is 11.2 Å². The Hall–Kier alpha value is -0.790. The quantitative estimate of drug-likeness (QED) is 0.324. The Balaban J connectivity index is 2.61. The first-order valence-electron chi connectivity index (χ1n) is 3.22. The molecule has 0 saturated heterocycles. The number of allylic oxidation sites excluding steroid dienone is 2. The Morgan fingerprint density at radius 2 is 2.56 bits per heavy atom. The van der Waals surface area contributed by atoms with E-state index < -0.39 is 0 Å². The van der Waals surface area contributed by atoms with E-state index in [1.165, 1.54) is 12.0 Å². The van der Waals surface area contributed by atoms with Gasteiger partial charge in [-0.2, -0.15) is 0 Å². The first kappa shape index (κ1) is 6.33. The predicted molar refractivity (Wildman–Crippen MR) is 36.8 cm³/mol. The molecule has 1 rings (SSSR count). The van der Waals surface area contributed by atoms with Crippen molar-refractivity contribution in [2.45, 2.75) is 26.2 Å². The molecule has 0 aliphatic heterocycles. The van der Waals surface area contributed by atoms with Gasteiger partial charge in [0.1, 0.15) is 0 Å². The standard InChI is InChI=1S/C7H11NO/c1-6(8-9)7-4-2-3-5-7/h4,9H,2-3,5H2,1H3/b8-6-. The van der Waals surface area contributed by atoms with Crippen LogP contribution in [0.15, 0.2) is 16.8 Å². The molecule has 1 aliphatic carbocycles. The Labute approximate surface area is 54.9 Å². The third-order valence-electron chi connectivity index (χ3n) is 1.66. The SMILES string of the molecule is C/C(=N/O)C1=CCCC1. The summed E-state index contributed by atoms with van der Waals surface area (Å²) in [4.78, 5) is 0. The highest BCUT2D eigenvalue weighted by atomic mass is 16.4. The van der Waals surface area contributed by atoms with Crippen LogP contribution in [0.25, 0.3) is 0 Å². The predicted octanol–water partition coefficient (Wildman–Crippen LogP) is 1.95. The molecular weight excluding hydrogens is 114 g/mol. The van der Waals surface area contributed by atoms with E-state index in [0.717, 1.165) is 18.6 Å². The van der Waals surface area contributed by atoms with Crippen molar-refractivity contribution in [3.8, 4) is 0 Å². The van der Waals surface area contributed by atoms with Crippen molar-refractivity contribution < 1.29 is 5.21 Å². The van der Waals surface area contributed by atoms with Gasteiger partial charge in [-0.15, -0.1) is 0 Å². The minimum Gasteiger partial charge on any atom is -0.411 e. The largest absolute Gasteiger partial charge is 0.411 e. The highest BCUT2D eigenvalue weighted by Crippen LogP contribution is 2.18. The van der Waals surface area contributed by atoms with E-state index in [1.807, 2.05) is 6.92 Å². The fourth-order valence-corrected chi connectivity index (χ4v) is 1.06. The van der Waals surface area contributed by atoms with E-state index in [2.05, 4.69) is 11.2 Å². The van der Waals surface area contributed by atoms with Crippen LogP contribution in [0, 0.1) is 0 Å². The van der Waals surface area contributed by atoms with Crippen molar-refractivity contribution in [1.82, 2.24) is 0 Å². The highest BCUT2D eigenvalue weighted by molar-refractivity contribution is 5.98. The van der Waals surface area contributed by atoms with Crippen molar-refractivity contribution >= 4 is 5.71 Å². The molecule has 50 valence electrons. The van der Waals surface area contributed by atoms with Gasteiger partial charge in [-0.3, -0.25) is 0 Å². The van der Waals surface area contributed by atoms with Gasteiger partial charge in [0.2, 0.25) is 0 Å². The molecule has 9 heavy (non-hydrogen) atoms. The molecule has 0 saturated carbocycles. The van der Waals surface area contributed by atoms with Crippen LogP contribution in [-0.2, 0) is 0 Å². The number of hydrogen-bond donors (Lipinski definition) is 1. The van der Waals surface area contributed by atoms with Crippen LogP contribution >= 0.6 is 0 Å². The van der Waals surface area contributed by atoms with Gasteiger partial charge in [-0.25, -0.2) is 0 Å². The zero-order chi connectivity index (χ0) is 6.69. The maximum atomic E-state index is 8.34. The maximum Gasteiger partial charge on any atom is 0.0793 e. The van der Waals surface area contributed by atoms with Crippen LogP contribution in [-0.4, -0.2) is 10.9 Å². The average Bonchev–Trinajstić information content (AvgIpc) is 2.37. The van der Waals surface area contributed by atoms with E-state index in [0.29, 0.717) is 0 Å². The van der Waals surface area contributed by atoms with Crippen LogP contribution < -0.4 is 0 Å². The van der Waals surface area contributed by atoms with Gasteiger partial charge in [0.15, 0.2) is 0 Å². The van der Waals surface area contributed by atoms with Gasteiger partial charge in [-0.05, 0) is 31.8 Å². The molecule has 0 aromatic rings. The van der Waals surface area contributed by atoms with Crippen LogP contribution in [0.5, 0.6) is 0 Å². The molecule has 0 radical (unpaired) electrons. The second kappa shape index (κ2) is 2.67. The van der Waals surface area contributed by atoms with Gasteiger partial charge in [0.25, 0.3) is 0 Å². The van der Waals surface area contributed by atoms with Crippen molar-refractivity contribution in [2.75, 3.05) is 0 Å². The molecule has 0 heterocycles. The summed E-state index contributed by atoms with van der Waals surface area (Å²) in [5.74, 6) is 0. The Kier molecular flexibility index (Phi) is 1.88. The molecule has 2 nitrogen and oxygen atoms in total. The van der Waals surface area contributed by atoms with E-state index >= 15 is 0 Å². The third-order valence-corrected chi connectivity index (χ3v) is 1.66. The molecule has 0 amide bonds. The summed E-state index contributed by atoms with van der Waals surface area (Å²) in [7, 11) is 0. The molecule has 0 fully saturated rings. The molecular formula is C7H11NO. The molecule has 1 aliphatic rings. The normalized spacial score (nSPS) is 20.1. The molecule has 0 aromatic heterocycles. The lowest BCUT2D eigenvalue weighted by molar-refractivity contribution is 0.319. The molecule has 0 aromatic carbocycles. The Morgan fingerprint density at radius 1 is 1.78 bits per heavy atom. The first-order valence-corrected chi connectivity index (χ1v) is 3.22. The summed E-state index contributed by atoms with van der Waals surface area (Å²) in [5.41, 5.74) is 1.98. The van der Waals surface area contributed by atoms with Gasteiger partial charge in [0, 0.05) is 0 Å². The summed E-state index contributed by atoms with van der Waals surface area (Å²) in [6, 6.07) is 0. The van der Waals surface area contributed by atoms with Crippen LogP contribution in [0.1, 0.15) is 26.2 Å². The van der Waals surface area contributed by atoms with Gasteiger partial charge >= 0.3 is 0 Å². The average molecular weight is 125 g/mol. The first-order chi connectivity index (χ1) is 4.34. The molecule has 0 atom stereocenters. The van der Waals surface area contributed by atoms with Crippen molar-refractivity contribution in [1.29, 1.82) is 0 Å². The van der Waals surface area contributed by atoms with E-state index in [-0.39, 0.29) is 0 Å². The fourth-order valence-electron chi connectivity index (χ4n) is 1.06. The molecule has 1 N–H and O–H groups in total. The Bertz CT molecular complexity index is 158. The summed E-state index contributed by atoms with van der Waals surface area (Å²) < 4.78 is 0. The van der Waals surface area contributed by atoms with Crippen LogP contribution in [0.3, 0.4) is 0 Å². The lowest BCUT2D eigenvalue weighted by Crippen LogP contribution is -1.92. The van der Waals surface area contributed by atoms with Crippen molar-refractivity contribution in [3.05, 3.63) is 11.6 Å². The molecule has 0 bridgehead atoms. The number of nitrogens with zero attached hydrogens (tertiary/aromatic N) is 1. The lowest BCUT2D eigenvalue weighted by atomic mass is 10.1. The Morgan fingerprint density at radius 3 is 3.00 bits per heavy atom. The summed E-state index contributed by atoms with van der Waals surface area (Å²) in [5, 5.41) is 11.5. The molecule has 2 heteroatoms. The minimum atomic E-state index is 0.771. The van der Waals surface area contributed by atoms with Crippen LogP contribution in [0.4, 0.5) is 0 Å². The van der Waals surface area contributed by atoms with E-state index in [1.54, 1.807) is 0 Å². The monoisotopic (exact) mass is 125 g/mol. The van der Waals surface area contributed by atoms with E-state index in [9.17, 15) is 0 Å². The van der Waals surface area contributed by atoms with Crippen molar-refractivity contribution in [3.63, 3.8) is 0 Å². The maximum absolute atomic E-state index is 8.34. The minimum absolute atomic E-state index is 0.771. The van der Waals surface area contributed by atoms with Crippen molar-refractivity contribution in [2.24, 2.45) is 5.16 Å². The second-order valence-corrected chi connectivity index (χ2v) is 2.31.